The molecule has 2 heterocycles. The van der Waals surface area contributed by atoms with Crippen molar-refractivity contribution in [1.82, 2.24) is 9.88 Å². The van der Waals surface area contributed by atoms with E-state index < -0.39 is 23.9 Å². The van der Waals surface area contributed by atoms with Crippen molar-refractivity contribution in [2.45, 2.75) is 24.7 Å². The van der Waals surface area contributed by atoms with Crippen LogP contribution in [-0.4, -0.2) is 33.5 Å². The van der Waals surface area contributed by atoms with E-state index >= 15 is 0 Å². The van der Waals surface area contributed by atoms with Gasteiger partial charge in [-0.3, -0.25) is 9.78 Å². The Bertz CT molecular complexity index is 734. The second-order valence-electron chi connectivity index (χ2n) is 5.73. The highest BCUT2D eigenvalue weighted by Gasteiger charge is 2.37. The summed E-state index contributed by atoms with van der Waals surface area (Å²) in [7, 11) is 0. The van der Waals surface area contributed by atoms with Gasteiger partial charge in [0.1, 0.15) is 0 Å². The summed E-state index contributed by atoms with van der Waals surface area (Å²) < 4.78 is 38.7. The molecule has 1 saturated heterocycles. The van der Waals surface area contributed by atoms with Gasteiger partial charge in [-0.25, -0.2) is 0 Å². The van der Waals surface area contributed by atoms with E-state index in [0.29, 0.717) is 11.1 Å². The van der Waals surface area contributed by atoms with Crippen LogP contribution < -0.4 is 0 Å². The Kier molecular flexibility index (Phi) is 4.28. The number of carbonyl (C=O) groups excluding carboxylic acids is 1. The van der Waals surface area contributed by atoms with Gasteiger partial charge in [0.15, 0.2) is 0 Å². The second kappa shape index (κ2) is 6.24. The molecular formula is C17H15F3N2O2. The zero-order chi connectivity index (χ0) is 17.3. The minimum Gasteiger partial charge on any atom is -0.391 e. The van der Waals surface area contributed by atoms with Crippen molar-refractivity contribution in [2.24, 2.45) is 0 Å². The van der Waals surface area contributed by atoms with E-state index in [-0.39, 0.29) is 18.9 Å². The summed E-state index contributed by atoms with van der Waals surface area (Å²) in [6.07, 6.45) is -2.10. The minimum absolute atomic E-state index is 0.0780. The number of rotatable bonds is 2. The number of carbonyl (C=O) groups is 1. The molecule has 0 aliphatic carbocycles. The van der Waals surface area contributed by atoms with Crippen molar-refractivity contribution in [2.75, 3.05) is 6.54 Å². The van der Waals surface area contributed by atoms with Crippen molar-refractivity contribution in [3.8, 4) is 0 Å². The molecule has 7 heteroatoms. The lowest BCUT2D eigenvalue weighted by atomic mass is 10.0. The van der Waals surface area contributed by atoms with Gasteiger partial charge in [-0.05, 0) is 36.2 Å². The summed E-state index contributed by atoms with van der Waals surface area (Å²) in [4.78, 5) is 17.9. The molecule has 1 amide bonds. The number of alkyl halides is 3. The van der Waals surface area contributed by atoms with Gasteiger partial charge in [0, 0.05) is 18.9 Å². The Labute approximate surface area is 136 Å². The number of amides is 1. The number of halogens is 3. The highest BCUT2D eigenvalue weighted by atomic mass is 19.4. The predicted octanol–water partition coefficient (Wildman–Crippen LogP) is 3.05. The monoisotopic (exact) mass is 336 g/mol. The normalized spacial score (nSPS) is 21.1. The zero-order valence-electron chi connectivity index (χ0n) is 12.6. The van der Waals surface area contributed by atoms with Crippen LogP contribution in [0.15, 0.2) is 48.8 Å². The number of aliphatic hydroxyl groups excluding tert-OH is 1. The molecule has 0 saturated carbocycles. The standard InChI is InChI=1S/C17H15F3N2O2/c18-17(19,20)13-5-1-3-11(7-13)15-8-14(23)10-22(15)16(24)12-4-2-6-21-9-12/h1-7,9,14-15,23H,8,10H2/t14-,15-/m0/s1. The first kappa shape index (κ1) is 16.4. The smallest absolute Gasteiger partial charge is 0.391 e. The Morgan fingerprint density at radius 2 is 2.04 bits per heavy atom. The summed E-state index contributed by atoms with van der Waals surface area (Å²) in [5.74, 6) is -0.359. The maximum Gasteiger partial charge on any atom is 0.416 e. The molecule has 1 fully saturated rings. The summed E-state index contributed by atoms with van der Waals surface area (Å²) in [5, 5.41) is 9.92. The molecule has 24 heavy (non-hydrogen) atoms. The van der Waals surface area contributed by atoms with Crippen LogP contribution >= 0.6 is 0 Å². The molecule has 0 spiro atoms. The van der Waals surface area contributed by atoms with Crippen LogP contribution in [0.4, 0.5) is 13.2 Å². The quantitative estimate of drug-likeness (QED) is 0.917. The first-order valence-electron chi connectivity index (χ1n) is 7.42. The van der Waals surface area contributed by atoms with E-state index in [4.69, 9.17) is 0 Å². The van der Waals surface area contributed by atoms with Crippen molar-refractivity contribution in [1.29, 1.82) is 0 Å². The lowest BCUT2D eigenvalue weighted by Crippen LogP contribution is -2.32. The van der Waals surface area contributed by atoms with Crippen LogP contribution in [-0.2, 0) is 6.18 Å². The number of benzene rings is 1. The summed E-state index contributed by atoms with van der Waals surface area (Å²) >= 11 is 0. The Morgan fingerprint density at radius 3 is 2.71 bits per heavy atom. The molecular weight excluding hydrogens is 321 g/mol. The molecule has 1 N–H and O–H groups in total. The molecule has 3 rings (SSSR count). The SMILES string of the molecule is O=C(c1cccnc1)N1C[C@@H](O)C[C@H]1c1cccc(C(F)(F)F)c1. The van der Waals surface area contributed by atoms with Gasteiger partial charge in [0.25, 0.3) is 5.91 Å². The van der Waals surface area contributed by atoms with Crippen LogP contribution in [0.25, 0.3) is 0 Å². The van der Waals surface area contributed by atoms with E-state index in [1.807, 2.05) is 0 Å². The van der Waals surface area contributed by atoms with Gasteiger partial charge in [-0.15, -0.1) is 0 Å². The van der Waals surface area contributed by atoms with Crippen molar-refractivity contribution >= 4 is 5.91 Å². The van der Waals surface area contributed by atoms with Gasteiger partial charge >= 0.3 is 6.18 Å². The molecule has 1 aliphatic heterocycles. The zero-order valence-corrected chi connectivity index (χ0v) is 12.6. The van der Waals surface area contributed by atoms with Crippen LogP contribution in [0.3, 0.4) is 0 Å². The maximum atomic E-state index is 12.9. The first-order chi connectivity index (χ1) is 11.4. The van der Waals surface area contributed by atoms with E-state index in [9.17, 15) is 23.1 Å². The van der Waals surface area contributed by atoms with Crippen molar-refractivity contribution in [3.63, 3.8) is 0 Å². The average Bonchev–Trinajstić information content (AvgIpc) is 2.96. The molecule has 4 nitrogen and oxygen atoms in total. The molecule has 0 unspecified atom stereocenters. The average molecular weight is 336 g/mol. The third-order valence-electron chi connectivity index (χ3n) is 4.05. The van der Waals surface area contributed by atoms with Crippen molar-refractivity contribution < 1.29 is 23.1 Å². The lowest BCUT2D eigenvalue weighted by molar-refractivity contribution is -0.137. The number of β-amino-alcohol motifs (C(OH)–C–C–N with tert-alkyl or cyclic N) is 1. The molecule has 2 aromatic rings. The Morgan fingerprint density at radius 1 is 1.25 bits per heavy atom. The fraction of sp³-hybridized carbons (Fsp3) is 0.294. The number of likely N-dealkylation sites (tertiary alicyclic amines) is 1. The first-order valence-corrected chi connectivity index (χ1v) is 7.42. The summed E-state index contributed by atoms with van der Waals surface area (Å²) in [6.45, 7) is 0.0780. The maximum absolute atomic E-state index is 12.9. The molecule has 1 aromatic heterocycles. The summed E-state index contributed by atoms with van der Waals surface area (Å²) in [6, 6.07) is 7.48. The Balaban J connectivity index is 1.93. The summed E-state index contributed by atoms with van der Waals surface area (Å²) in [5.41, 5.74) is -0.0719. The van der Waals surface area contributed by atoms with Crippen LogP contribution in [0.1, 0.15) is 33.9 Å². The molecule has 0 bridgehead atoms. The van der Waals surface area contributed by atoms with Gasteiger partial charge in [0.2, 0.25) is 0 Å². The van der Waals surface area contributed by atoms with Crippen LogP contribution in [0, 0.1) is 0 Å². The van der Waals surface area contributed by atoms with Gasteiger partial charge in [-0.2, -0.15) is 13.2 Å². The fourth-order valence-corrected chi connectivity index (χ4v) is 2.93. The van der Waals surface area contributed by atoms with Crippen LogP contribution in [0.5, 0.6) is 0 Å². The third-order valence-corrected chi connectivity index (χ3v) is 4.05. The van der Waals surface area contributed by atoms with Gasteiger partial charge < -0.3 is 10.0 Å². The second-order valence-corrected chi connectivity index (χ2v) is 5.73. The van der Waals surface area contributed by atoms with Gasteiger partial charge in [-0.1, -0.05) is 12.1 Å². The lowest BCUT2D eigenvalue weighted by Gasteiger charge is -2.25. The third kappa shape index (κ3) is 3.26. The number of hydrogen-bond acceptors (Lipinski definition) is 3. The molecule has 1 aliphatic rings. The highest BCUT2D eigenvalue weighted by molar-refractivity contribution is 5.94. The minimum atomic E-state index is -4.45. The number of hydrogen-bond donors (Lipinski definition) is 1. The topological polar surface area (TPSA) is 53.4 Å². The number of pyridine rings is 1. The molecule has 1 aromatic carbocycles. The highest BCUT2D eigenvalue weighted by Crippen LogP contribution is 2.36. The molecule has 126 valence electrons. The van der Waals surface area contributed by atoms with E-state index in [0.717, 1.165) is 12.1 Å². The number of aliphatic hydroxyl groups is 1. The number of nitrogens with zero attached hydrogens (tertiary/aromatic N) is 2. The van der Waals surface area contributed by atoms with E-state index in [1.54, 1.807) is 18.2 Å². The van der Waals surface area contributed by atoms with E-state index in [1.165, 1.54) is 23.4 Å². The van der Waals surface area contributed by atoms with Gasteiger partial charge in [0.05, 0.1) is 23.3 Å². The predicted molar refractivity (Wildman–Crippen MR) is 80.1 cm³/mol. The molecule has 2 atom stereocenters. The number of aromatic nitrogens is 1. The van der Waals surface area contributed by atoms with Crippen LogP contribution in [0.2, 0.25) is 0 Å². The Hall–Kier alpha value is -2.41. The fourth-order valence-electron chi connectivity index (χ4n) is 2.93. The van der Waals surface area contributed by atoms with Crippen molar-refractivity contribution in [3.05, 3.63) is 65.5 Å². The largest absolute Gasteiger partial charge is 0.416 e. The molecule has 0 radical (unpaired) electrons. The van der Waals surface area contributed by atoms with E-state index in [2.05, 4.69) is 4.98 Å².